The van der Waals surface area contributed by atoms with Crippen LogP contribution >= 0.6 is 0 Å². The molecule has 0 N–H and O–H groups in total. The van der Waals surface area contributed by atoms with Gasteiger partial charge in [0.05, 0.1) is 12.3 Å². The molecule has 0 fully saturated rings. The first-order valence-corrected chi connectivity index (χ1v) is 6.98. The fourth-order valence-electron chi connectivity index (χ4n) is 1.99. The lowest BCUT2D eigenvalue weighted by Gasteiger charge is -2.23. The molecule has 4 heteroatoms. The standard InChI is InChI=1S/C17H21NO3/c1-12-7-8-15(10-13(12)2)21-11-17(19)18(4)14(3)16-6-5-9-20-16/h5-10,14H,11H2,1-4H3. The number of hydrogen-bond acceptors (Lipinski definition) is 3. The third-order valence-electron chi connectivity index (χ3n) is 3.77. The molecule has 0 saturated carbocycles. The molecule has 21 heavy (non-hydrogen) atoms. The van der Waals surface area contributed by atoms with Crippen molar-refractivity contribution in [1.29, 1.82) is 0 Å². The summed E-state index contributed by atoms with van der Waals surface area (Å²) in [6.45, 7) is 6.01. The largest absolute Gasteiger partial charge is 0.484 e. The zero-order valence-corrected chi connectivity index (χ0v) is 12.9. The van der Waals surface area contributed by atoms with Crippen LogP contribution in [0.25, 0.3) is 0 Å². The molecule has 1 aromatic heterocycles. The van der Waals surface area contributed by atoms with Gasteiger partial charge in [0.15, 0.2) is 6.61 Å². The molecule has 112 valence electrons. The molecule has 0 aliphatic heterocycles. The van der Waals surface area contributed by atoms with Crippen LogP contribution in [0.4, 0.5) is 0 Å². The first-order valence-electron chi connectivity index (χ1n) is 6.98. The maximum absolute atomic E-state index is 12.2. The van der Waals surface area contributed by atoms with Gasteiger partial charge in [-0.3, -0.25) is 4.79 Å². The van der Waals surface area contributed by atoms with Crippen molar-refractivity contribution >= 4 is 5.91 Å². The molecule has 0 aliphatic carbocycles. The summed E-state index contributed by atoms with van der Waals surface area (Å²) in [6.07, 6.45) is 1.61. The van der Waals surface area contributed by atoms with Gasteiger partial charge in [0.2, 0.25) is 0 Å². The van der Waals surface area contributed by atoms with Crippen LogP contribution in [0, 0.1) is 13.8 Å². The van der Waals surface area contributed by atoms with Gasteiger partial charge in [-0.1, -0.05) is 6.07 Å². The average Bonchev–Trinajstić information content (AvgIpc) is 3.00. The second-order valence-electron chi connectivity index (χ2n) is 5.23. The third-order valence-corrected chi connectivity index (χ3v) is 3.77. The van der Waals surface area contributed by atoms with Gasteiger partial charge in [-0.05, 0) is 56.2 Å². The summed E-state index contributed by atoms with van der Waals surface area (Å²) in [6, 6.07) is 9.37. The second-order valence-corrected chi connectivity index (χ2v) is 5.23. The van der Waals surface area contributed by atoms with Crippen molar-refractivity contribution in [1.82, 2.24) is 4.90 Å². The highest BCUT2D eigenvalue weighted by atomic mass is 16.5. The molecule has 0 radical (unpaired) electrons. The molecule has 0 aliphatic rings. The summed E-state index contributed by atoms with van der Waals surface area (Å²) in [4.78, 5) is 13.8. The van der Waals surface area contributed by atoms with E-state index < -0.39 is 0 Å². The normalized spacial score (nSPS) is 12.0. The zero-order valence-electron chi connectivity index (χ0n) is 12.9. The monoisotopic (exact) mass is 287 g/mol. The van der Waals surface area contributed by atoms with Crippen molar-refractivity contribution in [3.63, 3.8) is 0 Å². The highest BCUT2D eigenvalue weighted by Gasteiger charge is 2.19. The van der Waals surface area contributed by atoms with Crippen molar-refractivity contribution in [2.45, 2.75) is 26.8 Å². The van der Waals surface area contributed by atoms with Crippen molar-refractivity contribution in [3.8, 4) is 5.75 Å². The lowest BCUT2D eigenvalue weighted by atomic mass is 10.1. The number of likely N-dealkylation sites (N-methyl/N-ethyl adjacent to an activating group) is 1. The first kappa shape index (κ1) is 15.2. The Labute approximate surface area is 125 Å². The van der Waals surface area contributed by atoms with E-state index in [0.717, 1.165) is 11.3 Å². The smallest absolute Gasteiger partial charge is 0.260 e. The quantitative estimate of drug-likeness (QED) is 0.845. The average molecular weight is 287 g/mol. The predicted octanol–water partition coefficient (Wildman–Crippen LogP) is 3.49. The topological polar surface area (TPSA) is 42.7 Å². The molecular weight excluding hydrogens is 266 g/mol. The van der Waals surface area contributed by atoms with Gasteiger partial charge in [0.1, 0.15) is 11.5 Å². The van der Waals surface area contributed by atoms with E-state index in [1.54, 1.807) is 18.2 Å². The summed E-state index contributed by atoms with van der Waals surface area (Å²) in [5.41, 5.74) is 2.36. The summed E-state index contributed by atoms with van der Waals surface area (Å²) in [5, 5.41) is 0. The minimum Gasteiger partial charge on any atom is -0.484 e. The van der Waals surface area contributed by atoms with Gasteiger partial charge < -0.3 is 14.1 Å². The minimum atomic E-state index is -0.115. The summed E-state index contributed by atoms with van der Waals surface area (Å²) in [5.74, 6) is 1.39. The Hall–Kier alpha value is -2.23. The predicted molar refractivity (Wildman–Crippen MR) is 81.3 cm³/mol. The van der Waals surface area contributed by atoms with Crippen LogP contribution in [0.5, 0.6) is 5.75 Å². The Kier molecular flexibility index (Phi) is 4.68. The first-order chi connectivity index (χ1) is 9.99. The molecule has 0 bridgehead atoms. The fourth-order valence-corrected chi connectivity index (χ4v) is 1.99. The number of nitrogens with zero attached hydrogens (tertiary/aromatic N) is 1. The van der Waals surface area contributed by atoms with Crippen LogP contribution in [-0.4, -0.2) is 24.5 Å². The Morgan fingerprint density at radius 2 is 2.05 bits per heavy atom. The molecule has 4 nitrogen and oxygen atoms in total. The number of hydrogen-bond donors (Lipinski definition) is 0. The van der Waals surface area contributed by atoms with E-state index >= 15 is 0 Å². The maximum Gasteiger partial charge on any atom is 0.260 e. The number of carbonyl (C=O) groups is 1. The lowest BCUT2D eigenvalue weighted by molar-refractivity contribution is -0.134. The van der Waals surface area contributed by atoms with Crippen LogP contribution in [0.2, 0.25) is 0 Å². The summed E-state index contributed by atoms with van der Waals surface area (Å²) < 4.78 is 10.9. The van der Waals surface area contributed by atoms with E-state index in [2.05, 4.69) is 0 Å². The van der Waals surface area contributed by atoms with Crippen LogP contribution in [-0.2, 0) is 4.79 Å². The number of benzene rings is 1. The Morgan fingerprint density at radius 1 is 1.29 bits per heavy atom. The van der Waals surface area contributed by atoms with Gasteiger partial charge in [-0.25, -0.2) is 0 Å². The van der Waals surface area contributed by atoms with E-state index in [1.165, 1.54) is 5.56 Å². The number of amides is 1. The van der Waals surface area contributed by atoms with Gasteiger partial charge >= 0.3 is 0 Å². The van der Waals surface area contributed by atoms with Crippen LogP contribution in [0.3, 0.4) is 0 Å². The van der Waals surface area contributed by atoms with E-state index in [1.807, 2.05) is 51.1 Å². The Balaban J connectivity index is 1.93. The molecule has 0 saturated heterocycles. The molecular formula is C17H21NO3. The number of rotatable bonds is 5. The van der Waals surface area contributed by atoms with E-state index in [-0.39, 0.29) is 18.6 Å². The highest BCUT2D eigenvalue weighted by molar-refractivity contribution is 5.77. The Bertz CT molecular complexity index is 605. The molecule has 0 spiro atoms. The fraction of sp³-hybridized carbons (Fsp3) is 0.353. The van der Waals surface area contributed by atoms with Gasteiger partial charge in [0.25, 0.3) is 5.91 Å². The third kappa shape index (κ3) is 3.66. The van der Waals surface area contributed by atoms with Crippen molar-refractivity contribution in [3.05, 3.63) is 53.5 Å². The molecule has 2 rings (SSSR count). The zero-order chi connectivity index (χ0) is 15.4. The lowest BCUT2D eigenvalue weighted by Crippen LogP contribution is -2.33. The van der Waals surface area contributed by atoms with Crippen molar-refractivity contribution < 1.29 is 13.9 Å². The maximum atomic E-state index is 12.2. The molecule has 1 aromatic carbocycles. The number of aryl methyl sites for hydroxylation is 2. The van der Waals surface area contributed by atoms with Crippen molar-refractivity contribution in [2.75, 3.05) is 13.7 Å². The van der Waals surface area contributed by atoms with Crippen LogP contribution in [0.15, 0.2) is 41.0 Å². The summed E-state index contributed by atoms with van der Waals surface area (Å²) >= 11 is 0. The molecule has 1 atom stereocenters. The number of ether oxygens (including phenoxy) is 1. The van der Waals surface area contributed by atoms with Crippen LogP contribution < -0.4 is 4.74 Å². The SMILES string of the molecule is Cc1ccc(OCC(=O)N(C)C(C)c2ccco2)cc1C. The second kappa shape index (κ2) is 6.48. The number of carbonyl (C=O) groups excluding carboxylic acids is 1. The van der Waals surface area contributed by atoms with Crippen LogP contribution in [0.1, 0.15) is 29.9 Å². The van der Waals surface area contributed by atoms with Gasteiger partial charge in [-0.2, -0.15) is 0 Å². The molecule has 1 unspecified atom stereocenters. The van der Waals surface area contributed by atoms with Crippen molar-refractivity contribution in [2.24, 2.45) is 0 Å². The highest BCUT2D eigenvalue weighted by Crippen LogP contribution is 2.20. The van der Waals surface area contributed by atoms with E-state index in [0.29, 0.717) is 5.75 Å². The van der Waals surface area contributed by atoms with Gasteiger partial charge in [-0.15, -0.1) is 0 Å². The minimum absolute atomic E-state index is 0.0179. The number of furan rings is 1. The molecule has 2 aromatic rings. The molecule has 1 amide bonds. The molecule has 1 heterocycles. The summed E-state index contributed by atoms with van der Waals surface area (Å²) in [7, 11) is 1.75. The van der Waals surface area contributed by atoms with E-state index in [9.17, 15) is 4.79 Å². The Morgan fingerprint density at radius 3 is 2.67 bits per heavy atom. The van der Waals surface area contributed by atoms with Gasteiger partial charge in [0, 0.05) is 7.05 Å². The van der Waals surface area contributed by atoms with E-state index in [4.69, 9.17) is 9.15 Å².